The quantitative estimate of drug-likeness (QED) is 0.778. The molecule has 1 aromatic heterocycles. The molecule has 0 bridgehead atoms. The van der Waals surface area contributed by atoms with E-state index in [4.69, 9.17) is 11.6 Å². The molecule has 0 fully saturated rings. The molecule has 0 aliphatic rings. The van der Waals surface area contributed by atoms with E-state index in [1.165, 1.54) is 6.20 Å². The highest BCUT2D eigenvalue weighted by atomic mass is 79.9. The summed E-state index contributed by atoms with van der Waals surface area (Å²) in [6, 6.07) is 8.93. The normalized spacial score (nSPS) is 11.7. The van der Waals surface area contributed by atoms with Crippen LogP contribution in [0.1, 0.15) is 15.9 Å². The lowest BCUT2D eigenvalue weighted by Crippen LogP contribution is -2.42. The average molecular weight is 384 g/mol. The lowest BCUT2D eigenvalue weighted by Gasteiger charge is -2.14. The summed E-state index contributed by atoms with van der Waals surface area (Å²) in [4.78, 5) is 27.4. The fourth-order valence-electron chi connectivity index (χ4n) is 1.83. The molecule has 114 valence electrons. The number of pyridine rings is 1. The number of hydrogen-bond donors (Lipinski definition) is 2. The lowest BCUT2D eigenvalue weighted by atomic mass is 10.1. The third kappa shape index (κ3) is 4.54. The topological polar surface area (TPSA) is 79.3 Å². The number of aromatic nitrogens is 1. The van der Waals surface area contributed by atoms with Crippen molar-refractivity contribution in [2.24, 2.45) is 0 Å². The highest BCUT2D eigenvalue weighted by molar-refractivity contribution is 9.10. The molecular weight excluding hydrogens is 372 g/mol. The van der Waals surface area contributed by atoms with E-state index >= 15 is 0 Å². The van der Waals surface area contributed by atoms with E-state index in [0.29, 0.717) is 16.3 Å². The van der Waals surface area contributed by atoms with Crippen molar-refractivity contribution in [3.8, 4) is 0 Å². The number of rotatable bonds is 5. The van der Waals surface area contributed by atoms with Crippen LogP contribution in [0.3, 0.4) is 0 Å². The van der Waals surface area contributed by atoms with Crippen LogP contribution in [-0.4, -0.2) is 28.0 Å². The molecular formula is C15H12BrClN2O3. The molecule has 0 aliphatic carbocycles. The average Bonchev–Trinajstić information content (AvgIpc) is 2.48. The Morgan fingerprint density at radius 1 is 1.32 bits per heavy atom. The molecule has 0 spiro atoms. The minimum Gasteiger partial charge on any atom is -0.480 e. The number of benzene rings is 1. The van der Waals surface area contributed by atoms with Crippen molar-refractivity contribution in [1.82, 2.24) is 10.3 Å². The number of carboxylic acids is 1. The molecule has 0 saturated heterocycles. The van der Waals surface area contributed by atoms with Gasteiger partial charge in [-0.05, 0) is 29.8 Å². The first-order valence-electron chi connectivity index (χ1n) is 6.35. The number of amides is 1. The van der Waals surface area contributed by atoms with E-state index in [1.54, 1.807) is 36.4 Å². The number of nitrogens with zero attached hydrogens (tertiary/aromatic N) is 1. The fourth-order valence-corrected chi connectivity index (χ4v) is 2.35. The Bertz CT molecular complexity index is 691. The molecule has 2 rings (SSSR count). The Kier molecular flexibility index (Phi) is 5.51. The number of hydrogen-bond acceptors (Lipinski definition) is 3. The second-order valence-corrected chi connectivity index (χ2v) is 5.87. The molecule has 2 aromatic rings. The van der Waals surface area contributed by atoms with Crippen LogP contribution in [-0.2, 0) is 11.2 Å². The molecule has 0 aliphatic heterocycles. The van der Waals surface area contributed by atoms with Gasteiger partial charge in [0.2, 0.25) is 0 Å². The van der Waals surface area contributed by atoms with Crippen LogP contribution in [0.5, 0.6) is 0 Å². The van der Waals surface area contributed by atoms with Gasteiger partial charge in [0, 0.05) is 22.7 Å². The lowest BCUT2D eigenvalue weighted by molar-refractivity contribution is -0.139. The van der Waals surface area contributed by atoms with Crippen LogP contribution in [0.2, 0.25) is 5.15 Å². The smallest absolute Gasteiger partial charge is 0.326 e. The van der Waals surface area contributed by atoms with Crippen LogP contribution >= 0.6 is 27.5 Å². The van der Waals surface area contributed by atoms with Crippen LogP contribution < -0.4 is 5.32 Å². The SMILES string of the molecule is O=C(N[C@@H](Cc1ccc(Cl)nc1)C(=O)O)c1cccc(Br)c1. The molecule has 2 N–H and O–H groups in total. The zero-order valence-electron chi connectivity index (χ0n) is 11.3. The van der Waals surface area contributed by atoms with Crippen LogP contribution in [0.4, 0.5) is 0 Å². The monoisotopic (exact) mass is 382 g/mol. The van der Waals surface area contributed by atoms with Gasteiger partial charge in [-0.2, -0.15) is 0 Å². The Hall–Kier alpha value is -1.92. The molecule has 7 heteroatoms. The van der Waals surface area contributed by atoms with Gasteiger partial charge < -0.3 is 10.4 Å². The van der Waals surface area contributed by atoms with E-state index in [2.05, 4.69) is 26.2 Å². The van der Waals surface area contributed by atoms with Crippen molar-refractivity contribution in [1.29, 1.82) is 0 Å². The van der Waals surface area contributed by atoms with Gasteiger partial charge >= 0.3 is 5.97 Å². The minimum atomic E-state index is -1.11. The van der Waals surface area contributed by atoms with Gasteiger partial charge in [0.1, 0.15) is 11.2 Å². The standard InChI is InChI=1S/C15H12BrClN2O3/c16-11-3-1-2-10(7-11)14(20)19-12(15(21)22)6-9-4-5-13(17)18-8-9/h1-5,7-8,12H,6H2,(H,19,20)(H,21,22)/t12-/m0/s1. The predicted molar refractivity (Wildman–Crippen MR) is 86.0 cm³/mol. The number of aliphatic carboxylic acids is 1. The number of nitrogens with one attached hydrogen (secondary N) is 1. The number of carboxylic acid groups (broad SMARTS) is 1. The summed E-state index contributed by atoms with van der Waals surface area (Å²) in [5.74, 6) is -1.56. The molecule has 0 radical (unpaired) electrons. The maximum absolute atomic E-state index is 12.1. The summed E-state index contributed by atoms with van der Waals surface area (Å²) in [6.45, 7) is 0. The minimum absolute atomic E-state index is 0.124. The molecule has 1 aromatic carbocycles. The third-order valence-corrected chi connectivity index (χ3v) is 3.64. The zero-order chi connectivity index (χ0) is 16.1. The van der Waals surface area contributed by atoms with Crippen molar-refractivity contribution in [2.45, 2.75) is 12.5 Å². The number of carbonyl (C=O) groups is 2. The second kappa shape index (κ2) is 7.38. The summed E-state index contributed by atoms with van der Waals surface area (Å²) < 4.78 is 0.744. The second-order valence-electron chi connectivity index (χ2n) is 4.57. The summed E-state index contributed by atoms with van der Waals surface area (Å²) in [7, 11) is 0. The molecule has 1 atom stereocenters. The summed E-state index contributed by atoms with van der Waals surface area (Å²) in [6.07, 6.45) is 1.61. The Morgan fingerprint density at radius 3 is 2.68 bits per heavy atom. The van der Waals surface area contributed by atoms with Gasteiger partial charge in [-0.15, -0.1) is 0 Å². The van der Waals surface area contributed by atoms with E-state index in [1.807, 2.05) is 0 Å². The van der Waals surface area contributed by atoms with E-state index in [0.717, 1.165) is 4.47 Å². The largest absolute Gasteiger partial charge is 0.480 e. The summed E-state index contributed by atoms with van der Waals surface area (Å²) in [5, 5.41) is 12.1. The molecule has 0 unspecified atom stereocenters. The highest BCUT2D eigenvalue weighted by Crippen LogP contribution is 2.12. The van der Waals surface area contributed by atoms with Gasteiger partial charge in [0.15, 0.2) is 0 Å². The number of carbonyl (C=O) groups excluding carboxylic acids is 1. The van der Waals surface area contributed by atoms with Crippen molar-refractivity contribution in [2.75, 3.05) is 0 Å². The van der Waals surface area contributed by atoms with E-state index < -0.39 is 17.9 Å². The third-order valence-electron chi connectivity index (χ3n) is 2.92. The summed E-state index contributed by atoms with van der Waals surface area (Å²) >= 11 is 8.96. The first kappa shape index (κ1) is 16.5. The first-order valence-corrected chi connectivity index (χ1v) is 7.52. The Labute approximate surface area is 140 Å². The zero-order valence-corrected chi connectivity index (χ0v) is 13.6. The fraction of sp³-hybridized carbons (Fsp3) is 0.133. The maximum atomic E-state index is 12.1. The van der Waals surface area contributed by atoms with Gasteiger partial charge in [-0.1, -0.05) is 39.7 Å². The van der Waals surface area contributed by atoms with Crippen LogP contribution in [0.15, 0.2) is 47.1 Å². The molecule has 5 nitrogen and oxygen atoms in total. The maximum Gasteiger partial charge on any atom is 0.326 e. The first-order chi connectivity index (χ1) is 10.5. The molecule has 1 heterocycles. The Morgan fingerprint density at radius 2 is 2.09 bits per heavy atom. The van der Waals surface area contributed by atoms with Gasteiger partial charge in [0.05, 0.1) is 0 Å². The van der Waals surface area contributed by atoms with E-state index in [-0.39, 0.29) is 6.42 Å². The van der Waals surface area contributed by atoms with E-state index in [9.17, 15) is 14.7 Å². The van der Waals surface area contributed by atoms with Crippen molar-refractivity contribution >= 4 is 39.4 Å². The van der Waals surface area contributed by atoms with Crippen molar-refractivity contribution in [3.05, 3.63) is 63.3 Å². The molecule has 22 heavy (non-hydrogen) atoms. The molecule has 1 amide bonds. The van der Waals surface area contributed by atoms with Gasteiger partial charge in [0.25, 0.3) is 5.91 Å². The van der Waals surface area contributed by atoms with Crippen molar-refractivity contribution < 1.29 is 14.7 Å². The van der Waals surface area contributed by atoms with Crippen molar-refractivity contribution in [3.63, 3.8) is 0 Å². The highest BCUT2D eigenvalue weighted by Gasteiger charge is 2.21. The van der Waals surface area contributed by atoms with Gasteiger partial charge in [-0.25, -0.2) is 9.78 Å². The van der Waals surface area contributed by atoms with Gasteiger partial charge in [-0.3, -0.25) is 4.79 Å². The van der Waals surface area contributed by atoms with Crippen LogP contribution in [0, 0.1) is 0 Å². The molecule has 0 saturated carbocycles. The van der Waals surface area contributed by atoms with Crippen LogP contribution in [0.25, 0.3) is 0 Å². The Balaban J connectivity index is 2.10. The number of halogens is 2. The predicted octanol–water partition coefficient (Wildman–Crippen LogP) is 2.92. The summed E-state index contributed by atoms with van der Waals surface area (Å²) in [5.41, 5.74) is 1.06.